The molecule has 1 heterocycles. The van der Waals surface area contributed by atoms with Crippen LogP contribution in [0.1, 0.15) is 45.1 Å². The topological polar surface area (TPSA) is 64.0 Å². The van der Waals surface area contributed by atoms with Crippen molar-refractivity contribution < 1.29 is 15.0 Å². The van der Waals surface area contributed by atoms with Crippen LogP contribution >= 0.6 is 0 Å². The molecule has 1 amide bonds. The third-order valence-electron chi connectivity index (χ3n) is 5.15. The molecule has 1 unspecified atom stereocenters. The fourth-order valence-electron chi connectivity index (χ4n) is 3.50. The van der Waals surface area contributed by atoms with Crippen molar-refractivity contribution in [2.75, 3.05) is 26.2 Å². The lowest BCUT2D eigenvalue weighted by Gasteiger charge is -2.31. The minimum absolute atomic E-state index is 0.217. The predicted octanol–water partition coefficient (Wildman–Crippen LogP) is 2.41. The van der Waals surface area contributed by atoms with Crippen LogP contribution in [-0.4, -0.2) is 64.2 Å². The van der Waals surface area contributed by atoms with Crippen molar-refractivity contribution in [3.63, 3.8) is 0 Å². The number of aliphatic hydroxyl groups excluding tert-OH is 1. The zero-order valence-electron chi connectivity index (χ0n) is 15.5. The molecule has 0 aliphatic carbocycles. The van der Waals surface area contributed by atoms with E-state index in [-0.39, 0.29) is 12.0 Å². The van der Waals surface area contributed by atoms with Crippen molar-refractivity contribution in [3.8, 4) is 5.75 Å². The highest BCUT2D eigenvalue weighted by Crippen LogP contribution is 2.15. The van der Waals surface area contributed by atoms with Gasteiger partial charge in [-0.15, -0.1) is 0 Å². The van der Waals surface area contributed by atoms with Gasteiger partial charge in [-0.05, 0) is 63.4 Å². The number of rotatable bonds is 8. The van der Waals surface area contributed by atoms with Gasteiger partial charge in [-0.2, -0.15) is 0 Å². The van der Waals surface area contributed by atoms with Gasteiger partial charge < -0.3 is 20.0 Å². The minimum Gasteiger partial charge on any atom is -0.508 e. The second-order valence-electron chi connectivity index (χ2n) is 7.06. The Morgan fingerprint density at radius 2 is 1.92 bits per heavy atom. The molecule has 0 bridgehead atoms. The van der Waals surface area contributed by atoms with Crippen LogP contribution in [0, 0.1) is 0 Å². The molecule has 2 N–H and O–H groups in total. The van der Waals surface area contributed by atoms with Gasteiger partial charge in [-0.25, -0.2) is 0 Å². The van der Waals surface area contributed by atoms with E-state index >= 15 is 0 Å². The van der Waals surface area contributed by atoms with Crippen LogP contribution < -0.4 is 0 Å². The molecule has 1 atom stereocenters. The summed E-state index contributed by atoms with van der Waals surface area (Å²) in [6.07, 6.45) is 3.56. The summed E-state index contributed by atoms with van der Waals surface area (Å²) in [5.41, 5.74) is 1.21. The quantitative estimate of drug-likeness (QED) is 0.757. The number of nitrogens with zero attached hydrogens (tertiary/aromatic N) is 2. The van der Waals surface area contributed by atoms with Crippen LogP contribution in [0.15, 0.2) is 24.3 Å². The van der Waals surface area contributed by atoms with Crippen molar-refractivity contribution >= 4 is 5.91 Å². The average molecular weight is 348 g/mol. The van der Waals surface area contributed by atoms with Crippen molar-refractivity contribution in [3.05, 3.63) is 29.8 Å². The molecule has 1 aliphatic heterocycles. The number of hydrogen-bond donors (Lipinski definition) is 2. The Labute approximate surface area is 151 Å². The van der Waals surface area contributed by atoms with Crippen LogP contribution in [0.25, 0.3) is 0 Å². The molecule has 1 aromatic rings. The lowest BCUT2D eigenvalue weighted by Crippen LogP contribution is -2.40. The Balaban J connectivity index is 1.73. The van der Waals surface area contributed by atoms with Crippen LogP contribution in [0.4, 0.5) is 0 Å². The zero-order valence-corrected chi connectivity index (χ0v) is 15.5. The number of benzene rings is 1. The van der Waals surface area contributed by atoms with Crippen molar-refractivity contribution in [2.24, 2.45) is 0 Å². The third kappa shape index (κ3) is 6.33. The Kier molecular flexibility index (Phi) is 7.72. The summed E-state index contributed by atoms with van der Waals surface area (Å²) in [5.74, 6) is 0.515. The van der Waals surface area contributed by atoms with Gasteiger partial charge in [0.25, 0.3) is 0 Å². The van der Waals surface area contributed by atoms with Crippen LogP contribution in [0.3, 0.4) is 0 Å². The number of likely N-dealkylation sites (tertiary alicyclic amines) is 1. The molecule has 2 rings (SSSR count). The van der Waals surface area contributed by atoms with Gasteiger partial charge in [-0.1, -0.05) is 19.1 Å². The van der Waals surface area contributed by atoms with E-state index in [1.165, 1.54) is 5.56 Å². The minimum atomic E-state index is -0.236. The first-order chi connectivity index (χ1) is 12.0. The summed E-state index contributed by atoms with van der Waals surface area (Å²) < 4.78 is 0. The molecule has 1 aromatic carbocycles. The molecule has 1 aliphatic rings. The molecule has 0 saturated carbocycles. The highest BCUT2D eigenvalue weighted by atomic mass is 16.3. The van der Waals surface area contributed by atoms with Crippen LogP contribution in [0.2, 0.25) is 0 Å². The maximum atomic E-state index is 12.3. The molecule has 5 heteroatoms. The molecule has 0 aromatic heterocycles. The normalized spacial score (nSPS) is 17.0. The molecule has 0 radical (unpaired) electrons. The fourth-order valence-corrected chi connectivity index (χ4v) is 3.50. The van der Waals surface area contributed by atoms with E-state index < -0.39 is 0 Å². The highest BCUT2D eigenvalue weighted by molar-refractivity contribution is 5.76. The zero-order chi connectivity index (χ0) is 18.2. The van der Waals surface area contributed by atoms with E-state index in [0.717, 1.165) is 25.9 Å². The van der Waals surface area contributed by atoms with E-state index in [2.05, 4.69) is 18.7 Å². The van der Waals surface area contributed by atoms with Gasteiger partial charge in [0.2, 0.25) is 5.91 Å². The second-order valence-corrected chi connectivity index (χ2v) is 7.06. The highest BCUT2D eigenvalue weighted by Gasteiger charge is 2.21. The van der Waals surface area contributed by atoms with E-state index in [1.807, 2.05) is 17.0 Å². The first kappa shape index (κ1) is 19.7. The summed E-state index contributed by atoms with van der Waals surface area (Å²) in [6, 6.07) is 7.79. The molecular formula is C20H32N2O3. The smallest absolute Gasteiger partial charge is 0.222 e. The Bertz CT molecular complexity index is 524. The molecule has 25 heavy (non-hydrogen) atoms. The number of likely N-dealkylation sites (N-methyl/N-ethyl adjacent to an activating group) is 1. The van der Waals surface area contributed by atoms with Crippen molar-refractivity contribution in [2.45, 2.75) is 58.1 Å². The summed E-state index contributed by atoms with van der Waals surface area (Å²) in [6.45, 7) is 7.62. The van der Waals surface area contributed by atoms with E-state index in [4.69, 9.17) is 0 Å². The van der Waals surface area contributed by atoms with Gasteiger partial charge >= 0.3 is 0 Å². The van der Waals surface area contributed by atoms with Gasteiger partial charge in [0.1, 0.15) is 5.75 Å². The molecular weight excluding hydrogens is 316 g/mol. The molecule has 1 saturated heterocycles. The number of aromatic hydroxyl groups is 1. The summed E-state index contributed by atoms with van der Waals surface area (Å²) >= 11 is 0. The number of hydrogen-bond acceptors (Lipinski definition) is 4. The van der Waals surface area contributed by atoms with Crippen LogP contribution in [-0.2, 0) is 11.2 Å². The lowest BCUT2D eigenvalue weighted by molar-refractivity contribution is -0.133. The van der Waals surface area contributed by atoms with Gasteiger partial charge in [0.05, 0.1) is 6.10 Å². The number of piperidine rings is 1. The van der Waals surface area contributed by atoms with Crippen molar-refractivity contribution in [1.82, 2.24) is 9.80 Å². The Morgan fingerprint density at radius 3 is 2.52 bits per heavy atom. The maximum absolute atomic E-state index is 12.3. The molecule has 5 nitrogen and oxygen atoms in total. The SMILES string of the molecule is CCN(CCCC(=O)N1CCC(O)CC1)C(C)Cc1ccc(O)cc1. The van der Waals surface area contributed by atoms with E-state index in [0.29, 0.717) is 44.1 Å². The van der Waals surface area contributed by atoms with Gasteiger partial charge in [0.15, 0.2) is 0 Å². The lowest BCUT2D eigenvalue weighted by atomic mass is 10.0. The van der Waals surface area contributed by atoms with Gasteiger partial charge in [-0.3, -0.25) is 4.79 Å². The number of carbonyl (C=O) groups excluding carboxylic acids is 1. The first-order valence-corrected chi connectivity index (χ1v) is 9.47. The average Bonchev–Trinajstić information content (AvgIpc) is 2.61. The number of amides is 1. The number of carbonyl (C=O) groups is 1. The predicted molar refractivity (Wildman–Crippen MR) is 99.6 cm³/mol. The monoisotopic (exact) mass is 348 g/mol. The number of aliphatic hydroxyl groups is 1. The Morgan fingerprint density at radius 1 is 1.28 bits per heavy atom. The van der Waals surface area contributed by atoms with Gasteiger partial charge in [0, 0.05) is 25.6 Å². The fraction of sp³-hybridized carbons (Fsp3) is 0.650. The molecule has 1 fully saturated rings. The summed E-state index contributed by atoms with van der Waals surface area (Å²) in [7, 11) is 0. The largest absolute Gasteiger partial charge is 0.508 e. The summed E-state index contributed by atoms with van der Waals surface area (Å²) in [5, 5.41) is 18.9. The third-order valence-corrected chi connectivity index (χ3v) is 5.15. The van der Waals surface area contributed by atoms with Crippen LogP contribution in [0.5, 0.6) is 5.75 Å². The first-order valence-electron chi connectivity index (χ1n) is 9.47. The number of phenolic OH excluding ortho intramolecular Hbond substituents is 1. The second kappa shape index (κ2) is 9.78. The van der Waals surface area contributed by atoms with E-state index in [1.54, 1.807) is 12.1 Å². The molecule has 0 spiro atoms. The maximum Gasteiger partial charge on any atom is 0.222 e. The van der Waals surface area contributed by atoms with Crippen molar-refractivity contribution in [1.29, 1.82) is 0 Å². The van der Waals surface area contributed by atoms with E-state index in [9.17, 15) is 15.0 Å². The molecule has 140 valence electrons. The summed E-state index contributed by atoms with van der Waals surface area (Å²) in [4.78, 5) is 16.6. The Hall–Kier alpha value is -1.59. The standard InChI is InChI=1S/C20H32N2O3/c1-3-21(16(2)15-17-6-8-18(23)9-7-17)12-4-5-20(25)22-13-10-19(24)11-14-22/h6-9,16,19,23-24H,3-5,10-15H2,1-2H3. The number of phenols is 1.